The van der Waals surface area contributed by atoms with Crippen LogP contribution in [0.25, 0.3) is 0 Å². The fraction of sp³-hybridized carbons (Fsp3) is 0.500. The zero-order chi connectivity index (χ0) is 7.23. The van der Waals surface area contributed by atoms with Gasteiger partial charge in [0.2, 0.25) is 0 Å². The Morgan fingerprint density at radius 1 is 1.60 bits per heavy atom. The minimum Gasteiger partial charge on any atom is -0.337 e. The first-order valence-electron chi connectivity index (χ1n) is 3.26. The van der Waals surface area contributed by atoms with E-state index in [0.717, 1.165) is 19.5 Å². The SMILES string of the molecule is SNCCCn1ccnc1. The van der Waals surface area contributed by atoms with E-state index in [0.29, 0.717) is 0 Å². The molecule has 4 heteroatoms. The van der Waals surface area contributed by atoms with Gasteiger partial charge in [-0.3, -0.25) is 4.72 Å². The van der Waals surface area contributed by atoms with Gasteiger partial charge in [0, 0.05) is 25.5 Å². The molecule has 3 nitrogen and oxygen atoms in total. The molecule has 0 spiro atoms. The van der Waals surface area contributed by atoms with E-state index >= 15 is 0 Å². The first kappa shape index (κ1) is 7.63. The van der Waals surface area contributed by atoms with Gasteiger partial charge in [-0.1, -0.05) is 12.8 Å². The van der Waals surface area contributed by atoms with Crippen molar-refractivity contribution in [2.24, 2.45) is 0 Å². The first-order chi connectivity index (χ1) is 4.93. The van der Waals surface area contributed by atoms with Crippen LogP contribution in [0.15, 0.2) is 18.7 Å². The zero-order valence-corrected chi connectivity index (χ0v) is 6.59. The monoisotopic (exact) mass is 157 g/mol. The van der Waals surface area contributed by atoms with Crippen LogP contribution in [0, 0.1) is 0 Å². The fourth-order valence-electron chi connectivity index (χ4n) is 0.760. The lowest BCUT2D eigenvalue weighted by molar-refractivity contribution is 0.639. The van der Waals surface area contributed by atoms with Crippen LogP contribution in [0.3, 0.4) is 0 Å². The lowest BCUT2D eigenvalue weighted by Crippen LogP contribution is -2.05. The number of aromatic nitrogens is 2. The van der Waals surface area contributed by atoms with Crippen molar-refractivity contribution < 1.29 is 0 Å². The average molecular weight is 157 g/mol. The van der Waals surface area contributed by atoms with E-state index in [9.17, 15) is 0 Å². The lowest BCUT2D eigenvalue weighted by Gasteiger charge is -1.99. The molecule has 0 radical (unpaired) electrons. The number of aryl methyl sites for hydroxylation is 1. The molecule has 1 N–H and O–H groups in total. The lowest BCUT2D eigenvalue weighted by atomic mass is 10.4. The minimum atomic E-state index is 0.932. The largest absolute Gasteiger partial charge is 0.337 e. The van der Waals surface area contributed by atoms with Crippen molar-refractivity contribution in [3.63, 3.8) is 0 Å². The third-order valence-corrected chi connectivity index (χ3v) is 1.49. The van der Waals surface area contributed by atoms with Gasteiger partial charge in [0.25, 0.3) is 0 Å². The molecule has 0 fully saturated rings. The summed E-state index contributed by atoms with van der Waals surface area (Å²) in [5.74, 6) is 0. The van der Waals surface area contributed by atoms with Crippen LogP contribution in [-0.4, -0.2) is 16.1 Å². The van der Waals surface area contributed by atoms with Gasteiger partial charge in [-0.05, 0) is 6.42 Å². The number of hydrogen-bond acceptors (Lipinski definition) is 3. The fourth-order valence-corrected chi connectivity index (χ4v) is 0.918. The summed E-state index contributed by atoms with van der Waals surface area (Å²) >= 11 is 3.88. The molecule has 0 atom stereocenters. The van der Waals surface area contributed by atoms with Crippen molar-refractivity contribution in [1.82, 2.24) is 14.3 Å². The number of thiol groups is 1. The number of imidazole rings is 1. The number of rotatable bonds is 4. The van der Waals surface area contributed by atoms with Crippen LogP contribution >= 0.6 is 12.8 Å². The standard InChI is InChI=1S/C6H11N3S/c10-8-2-1-4-9-5-3-7-6-9/h3,5-6,8,10H,1-2,4H2. The molecule has 1 aromatic rings. The Labute approximate surface area is 66.0 Å². The first-order valence-corrected chi connectivity index (χ1v) is 3.71. The molecule has 0 saturated carbocycles. The van der Waals surface area contributed by atoms with E-state index in [1.807, 2.05) is 17.1 Å². The van der Waals surface area contributed by atoms with Crippen molar-refractivity contribution >= 4 is 12.8 Å². The molecule has 0 saturated heterocycles. The third kappa shape index (κ3) is 2.41. The Morgan fingerprint density at radius 3 is 3.10 bits per heavy atom. The number of hydrogen-bond donors (Lipinski definition) is 2. The van der Waals surface area contributed by atoms with Gasteiger partial charge in [0.15, 0.2) is 0 Å². The smallest absolute Gasteiger partial charge is 0.0945 e. The Hall–Kier alpha value is -0.480. The molecule has 1 rings (SSSR count). The van der Waals surface area contributed by atoms with Gasteiger partial charge in [0.1, 0.15) is 0 Å². The second-order valence-electron chi connectivity index (χ2n) is 2.06. The number of nitrogens with zero attached hydrogens (tertiary/aromatic N) is 2. The third-order valence-electron chi connectivity index (χ3n) is 1.26. The van der Waals surface area contributed by atoms with Gasteiger partial charge in [0.05, 0.1) is 6.33 Å². The molecule has 56 valence electrons. The van der Waals surface area contributed by atoms with Crippen LogP contribution in [0.1, 0.15) is 6.42 Å². The minimum absolute atomic E-state index is 0.932. The summed E-state index contributed by atoms with van der Waals surface area (Å²) in [7, 11) is 0. The zero-order valence-electron chi connectivity index (χ0n) is 5.70. The maximum absolute atomic E-state index is 3.92. The van der Waals surface area contributed by atoms with Gasteiger partial charge in [-0.15, -0.1) is 0 Å². The topological polar surface area (TPSA) is 29.9 Å². The predicted octanol–water partition coefficient (Wildman–Crippen LogP) is 0.708. The second-order valence-corrected chi connectivity index (χ2v) is 2.38. The molecule has 1 heterocycles. The summed E-state index contributed by atoms with van der Waals surface area (Å²) in [6, 6.07) is 0. The quantitative estimate of drug-likeness (QED) is 0.498. The van der Waals surface area contributed by atoms with Crippen LogP contribution in [0.2, 0.25) is 0 Å². The molecule has 10 heavy (non-hydrogen) atoms. The average Bonchev–Trinajstić information content (AvgIpc) is 2.41. The van der Waals surface area contributed by atoms with Crippen molar-refractivity contribution in [1.29, 1.82) is 0 Å². The van der Waals surface area contributed by atoms with Crippen LogP contribution < -0.4 is 4.72 Å². The maximum Gasteiger partial charge on any atom is 0.0945 e. The Balaban J connectivity index is 2.15. The molecule has 0 aliphatic rings. The van der Waals surface area contributed by atoms with Gasteiger partial charge < -0.3 is 4.57 Å². The summed E-state index contributed by atoms with van der Waals surface area (Å²) in [5.41, 5.74) is 0. The highest BCUT2D eigenvalue weighted by atomic mass is 32.1. The molecular formula is C6H11N3S. The predicted molar refractivity (Wildman–Crippen MR) is 43.8 cm³/mol. The Bertz CT molecular complexity index is 162. The van der Waals surface area contributed by atoms with E-state index in [4.69, 9.17) is 0 Å². The second kappa shape index (κ2) is 4.35. The molecule has 0 unspecified atom stereocenters. The molecule has 0 aromatic carbocycles. The van der Waals surface area contributed by atoms with E-state index in [2.05, 4.69) is 22.5 Å². The van der Waals surface area contributed by atoms with Crippen molar-refractivity contribution in [3.8, 4) is 0 Å². The molecule has 0 aliphatic heterocycles. The van der Waals surface area contributed by atoms with E-state index in [-0.39, 0.29) is 0 Å². The highest BCUT2D eigenvalue weighted by Crippen LogP contribution is 1.88. The van der Waals surface area contributed by atoms with Crippen LogP contribution in [-0.2, 0) is 6.54 Å². The Kier molecular flexibility index (Phi) is 3.32. The molecule has 0 bridgehead atoms. The van der Waals surface area contributed by atoms with Crippen molar-refractivity contribution in [3.05, 3.63) is 18.7 Å². The van der Waals surface area contributed by atoms with Crippen molar-refractivity contribution in [2.45, 2.75) is 13.0 Å². The van der Waals surface area contributed by atoms with E-state index in [1.54, 1.807) is 6.20 Å². The summed E-state index contributed by atoms with van der Waals surface area (Å²) in [5, 5.41) is 0. The Morgan fingerprint density at radius 2 is 2.50 bits per heavy atom. The van der Waals surface area contributed by atoms with Crippen LogP contribution in [0.4, 0.5) is 0 Å². The number of nitrogens with one attached hydrogen (secondary N) is 1. The maximum atomic E-state index is 3.92. The molecular weight excluding hydrogens is 146 g/mol. The van der Waals surface area contributed by atoms with Gasteiger partial charge >= 0.3 is 0 Å². The molecule has 0 aliphatic carbocycles. The van der Waals surface area contributed by atoms with E-state index < -0.39 is 0 Å². The summed E-state index contributed by atoms with van der Waals surface area (Å²) in [6.07, 6.45) is 6.64. The normalized spacial score (nSPS) is 10.1. The molecule has 1 aromatic heterocycles. The summed E-state index contributed by atoms with van der Waals surface area (Å²) < 4.78 is 4.84. The van der Waals surface area contributed by atoms with Gasteiger partial charge in [-0.2, -0.15) is 0 Å². The highest BCUT2D eigenvalue weighted by molar-refractivity contribution is 7.78. The highest BCUT2D eigenvalue weighted by Gasteiger charge is 1.87. The summed E-state index contributed by atoms with van der Waals surface area (Å²) in [4.78, 5) is 3.92. The summed E-state index contributed by atoms with van der Waals surface area (Å²) in [6.45, 7) is 1.94. The van der Waals surface area contributed by atoms with E-state index in [1.165, 1.54) is 0 Å². The molecule has 0 amide bonds. The van der Waals surface area contributed by atoms with Gasteiger partial charge in [-0.25, -0.2) is 4.98 Å². The van der Waals surface area contributed by atoms with Crippen LogP contribution in [0.5, 0.6) is 0 Å². The van der Waals surface area contributed by atoms with Crippen molar-refractivity contribution in [2.75, 3.05) is 6.54 Å².